The number of benzene rings is 1. The molecule has 160 valence electrons. The highest BCUT2D eigenvalue weighted by Crippen LogP contribution is 2.38. The van der Waals surface area contributed by atoms with Gasteiger partial charge < -0.3 is 25.2 Å². The Hall–Kier alpha value is -1.55. The van der Waals surface area contributed by atoms with Gasteiger partial charge in [-0.3, -0.25) is 4.79 Å². The molecule has 4 rings (SSSR count). The number of guanidine groups is 1. The summed E-state index contributed by atoms with van der Waals surface area (Å²) in [7, 11) is 0. The molecule has 29 heavy (non-hydrogen) atoms. The van der Waals surface area contributed by atoms with Crippen LogP contribution in [-0.2, 0) is 16.1 Å². The zero-order valence-corrected chi connectivity index (χ0v) is 19.5. The van der Waals surface area contributed by atoms with Gasteiger partial charge >= 0.3 is 0 Å². The Kier molecular flexibility index (Phi) is 7.61. The Morgan fingerprint density at radius 1 is 1.28 bits per heavy atom. The standard InChI is InChI=1S/C21H31N5O2.HI/c1-2-22-20(26-10-7-21(15-26)8-12-28-16-21)24-13-17-3-5-18(6-4-17)25-11-9-23-19(27)14-25;/h3-6H,2,7-16H2,1H3,(H,22,24)(H,23,27);1H. The molecule has 0 bridgehead atoms. The number of hydrogen-bond acceptors (Lipinski definition) is 4. The molecular weight excluding hydrogens is 481 g/mol. The van der Waals surface area contributed by atoms with Gasteiger partial charge in [-0.1, -0.05) is 12.1 Å². The van der Waals surface area contributed by atoms with Gasteiger partial charge in [0.25, 0.3) is 0 Å². The van der Waals surface area contributed by atoms with Crippen LogP contribution >= 0.6 is 24.0 Å². The summed E-state index contributed by atoms with van der Waals surface area (Å²) in [5, 5.41) is 6.32. The largest absolute Gasteiger partial charge is 0.381 e. The van der Waals surface area contributed by atoms with Gasteiger partial charge in [-0.25, -0.2) is 4.99 Å². The maximum atomic E-state index is 11.6. The quantitative estimate of drug-likeness (QED) is 0.366. The van der Waals surface area contributed by atoms with Crippen LogP contribution in [0.3, 0.4) is 0 Å². The molecule has 0 aromatic heterocycles. The Balaban J connectivity index is 0.00000240. The van der Waals surface area contributed by atoms with Gasteiger partial charge in [-0.15, -0.1) is 24.0 Å². The van der Waals surface area contributed by atoms with Crippen molar-refractivity contribution >= 4 is 41.5 Å². The van der Waals surface area contributed by atoms with Gasteiger partial charge in [0.05, 0.1) is 19.7 Å². The van der Waals surface area contributed by atoms with Crippen LogP contribution in [0.5, 0.6) is 0 Å². The summed E-state index contributed by atoms with van der Waals surface area (Å²) in [6, 6.07) is 8.42. The van der Waals surface area contributed by atoms with E-state index in [0.29, 0.717) is 25.0 Å². The Morgan fingerprint density at radius 2 is 2.10 bits per heavy atom. The predicted octanol–water partition coefficient (Wildman–Crippen LogP) is 1.82. The number of carbonyl (C=O) groups is 1. The van der Waals surface area contributed by atoms with Crippen LogP contribution in [0.2, 0.25) is 0 Å². The van der Waals surface area contributed by atoms with E-state index >= 15 is 0 Å². The Morgan fingerprint density at radius 3 is 2.79 bits per heavy atom. The molecule has 3 saturated heterocycles. The lowest BCUT2D eigenvalue weighted by atomic mass is 9.87. The molecule has 0 saturated carbocycles. The average molecular weight is 513 g/mol. The molecule has 1 atom stereocenters. The summed E-state index contributed by atoms with van der Waals surface area (Å²) in [6.45, 7) is 9.50. The molecular formula is C21H32IN5O2. The number of ether oxygens (including phenoxy) is 1. The molecule has 3 aliphatic rings. The lowest BCUT2D eigenvalue weighted by Crippen LogP contribution is -2.47. The van der Waals surface area contributed by atoms with Gasteiger partial charge in [0.15, 0.2) is 5.96 Å². The number of hydrogen-bond donors (Lipinski definition) is 2. The van der Waals surface area contributed by atoms with Crippen molar-refractivity contribution < 1.29 is 9.53 Å². The number of anilines is 1. The van der Waals surface area contributed by atoms with E-state index in [2.05, 4.69) is 51.6 Å². The van der Waals surface area contributed by atoms with Crippen molar-refractivity contribution in [1.29, 1.82) is 0 Å². The van der Waals surface area contributed by atoms with E-state index < -0.39 is 0 Å². The van der Waals surface area contributed by atoms with Crippen molar-refractivity contribution in [3.8, 4) is 0 Å². The maximum absolute atomic E-state index is 11.6. The van der Waals surface area contributed by atoms with Gasteiger partial charge in [-0.2, -0.15) is 0 Å². The molecule has 0 radical (unpaired) electrons. The van der Waals surface area contributed by atoms with E-state index in [-0.39, 0.29) is 29.9 Å². The van der Waals surface area contributed by atoms with Crippen LogP contribution in [0, 0.1) is 5.41 Å². The van der Waals surface area contributed by atoms with Crippen LogP contribution < -0.4 is 15.5 Å². The number of nitrogens with zero attached hydrogens (tertiary/aromatic N) is 3. The molecule has 3 heterocycles. The molecule has 1 unspecified atom stereocenters. The van der Waals surface area contributed by atoms with Crippen molar-refractivity contribution in [3.05, 3.63) is 29.8 Å². The molecule has 8 heteroatoms. The first kappa shape index (κ1) is 22.1. The predicted molar refractivity (Wildman–Crippen MR) is 126 cm³/mol. The molecule has 1 aromatic rings. The first-order chi connectivity index (χ1) is 13.7. The summed E-state index contributed by atoms with van der Waals surface area (Å²) in [5.41, 5.74) is 2.61. The molecule has 2 N–H and O–H groups in total. The number of rotatable bonds is 4. The number of carbonyl (C=O) groups excluding carboxylic acids is 1. The van der Waals surface area contributed by atoms with E-state index in [1.54, 1.807) is 0 Å². The summed E-state index contributed by atoms with van der Waals surface area (Å²) in [4.78, 5) is 21.0. The highest BCUT2D eigenvalue weighted by Gasteiger charge is 2.42. The zero-order valence-electron chi connectivity index (χ0n) is 17.2. The fraction of sp³-hybridized carbons (Fsp3) is 0.619. The molecule has 1 spiro atoms. The first-order valence-corrected chi connectivity index (χ1v) is 10.4. The summed E-state index contributed by atoms with van der Waals surface area (Å²) >= 11 is 0. The number of halogens is 1. The molecule has 1 aromatic carbocycles. The van der Waals surface area contributed by atoms with Crippen LogP contribution in [-0.4, -0.2) is 69.2 Å². The second-order valence-corrected chi connectivity index (χ2v) is 8.08. The van der Waals surface area contributed by atoms with Crippen LogP contribution in [0.25, 0.3) is 0 Å². The monoisotopic (exact) mass is 513 g/mol. The number of aliphatic imine (C=N–C) groups is 1. The van der Waals surface area contributed by atoms with Crippen LogP contribution in [0.4, 0.5) is 5.69 Å². The number of amides is 1. The second kappa shape index (κ2) is 9.97. The van der Waals surface area contributed by atoms with Crippen LogP contribution in [0.15, 0.2) is 29.3 Å². The lowest BCUT2D eigenvalue weighted by Gasteiger charge is -2.28. The molecule has 3 fully saturated rings. The third kappa shape index (κ3) is 5.33. The Bertz CT molecular complexity index is 718. The SMILES string of the molecule is CCNC(=NCc1ccc(N2CCNC(=O)C2)cc1)N1CCC2(CCOC2)C1.I. The van der Waals surface area contributed by atoms with Crippen LogP contribution in [0.1, 0.15) is 25.3 Å². The van der Waals surface area contributed by atoms with Gasteiger partial charge in [0.2, 0.25) is 5.91 Å². The zero-order chi connectivity index (χ0) is 19.4. The van der Waals surface area contributed by atoms with Crippen molar-refractivity contribution in [3.63, 3.8) is 0 Å². The topological polar surface area (TPSA) is 69.2 Å². The van der Waals surface area contributed by atoms with E-state index in [9.17, 15) is 4.79 Å². The van der Waals surface area contributed by atoms with Crippen molar-refractivity contribution in [2.24, 2.45) is 10.4 Å². The van der Waals surface area contributed by atoms with Crippen molar-refractivity contribution in [2.45, 2.75) is 26.3 Å². The minimum atomic E-state index is 0. The lowest BCUT2D eigenvalue weighted by molar-refractivity contribution is -0.120. The number of piperazine rings is 1. The number of nitrogens with one attached hydrogen (secondary N) is 2. The van der Waals surface area contributed by atoms with Gasteiger partial charge in [-0.05, 0) is 37.5 Å². The second-order valence-electron chi connectivity index (χ2n) is 8.08. The van der Waals surface area contributed by atoms with E-state index in [1.165, 1.54) is 18.4 Å². The smallest absolute Gasteiger partial charge is 0.239 e. The minimum absolute atomic E-state index is 0. The average Bonchev–Trinajstić information content (AvgIpc) is 3.35. The molecule has 3 aliphatic heterocycles. The first-order valence-electron chi connectivity index (χ1n) is 10.4. The number of likely N-dealkylation sites (tertiary alicyclic amines) is 1. The summed E-state index contributed by atoms with van der Waals surface area (Å²) < 4.78 is 5.65. The fourth-order valence-electron chi connectivity index (χ4n) is 4.35. The normalized spacial score (nSPS) is 24.6. The molecule has 1 amide bonds. The summed E-state index contributed by atoms with van der Waals surface area (Å²) in [6.07, 6.45) is 2.36. The van der Waals surface area contributed by atoms with Gasteiger partial charge in [0.1, 0.15) is 0 Å². The fourth-order valence-corrected chi connectivity index (χ4v) is 4.35. The Labute approximate surface area is 190 Å². The van der Waals surface area contributed by atoms with E-state index in [1.807, 2.05) is 0 Å². The van der Waals surface area contributed by atoms with E-state index in [4.69, 9.17) is 9.73 Å². The van der Waals surface area contributed by atoms with Crippen molar-refractivity contribution in [1.82, 2.24) is 15.5 Å². The van der Waals surface area contributed by atoms with Gasteiger partial charge in [0, 0.05) is 50.4 Å². The van der Waals surface area contributed by atoms with Crippen molar-refractivity contribution in [2.75, 3.05) is 57.4 Å². The highest BCUT2D eigenvalue weighted by molar-refractivity contribution is 14.0. The molecule has 0 aliphatic carbocycles. The van der Waals surface area contributed by atoms with E-state index in [0.717, 1.165) is 51.0 Å². The third-order valence-corrected chi connectivity index (χ3v) is 6.01. The highest BCUT2D eigenvalue weighted by atomic mass is 127. The minimum Gasteiger partial charge on any atom is -0.381 e. The summed E-state index contributed by atoms with van der Waals surface area (Å²) in [5.74, 6) is 1.09. The third-order valence-electron chi connectivity index (χ3n) is 6.01. The maximum Gasteiger partial charge on any atom is 0.239 e. The molecule has 7 nitrogen and oxygen atoms in total.